The molecule has 0 radical (unpaired) electrons. The van der Waals surface area contributed by atoms with Gasteiger partial charge in [0, 0.05) is 25.8 Å². The molecule has 0 unspecified atom stereocenters. The lowest BCUT2D eigenvalue weighted by Crippen LogP contribution is -2.25. The molecule has 0 aromatic rings. The zero-order valence-electron chi connectivity index (χ0n) is 6.85. The molecule has 0 bridgehead atoms. The van der Waals surface area contributed by atoms with Gasteiger partial charge in [-0.15, -0.1) is 0 Å². The Balaban J connectivity index is 3.51. The van der Waals surface area contributed by atoms with Crippen molar-refractivity contribution in [2.45, 2.75) is 0 Å². The SMILES string of the molecule is C=CC(=C)N(C)CCNC. The van der Waals surface area contributed by atoms with Gasteiger partial charge in [-0.05, 0) is 13.1 Å². The number of hydrogen-bond donors (Lipinski definition) is 1. The minimum absolute atomic E-state index is 0.968. The Bertz CT molecular complexity index is 118. The fraction of sp³-hybridized carbons (Fsp3) is 0.500. The molecule has 0 aliphatic heterocycles. The van der Waals surface area contributed by atoms with Crippen molar-refractivity contribution in [2.24, 2.45) is 0 Å². The number of hydrogen-bond acceptors (Lipinski definition) is 2. The van der Waals surface area contributed by atoms with Gasteiger partial charge in [0.1, 0.15) is 0 Å². The molecule has 0 aliphatic rings. The fourth-order valence-electron chi connectivity index (χ4n) is 0.579. The van der Waals surface area contributed by atoms with E-state index in [1.54, 1.807) is 6.08 Å². The third-order valence-electron chi connectivity index (χ3n) is 1.42. The zero-order chi connectivity index (χ0) is 7.98. The highest BCUT2D eigenvalue weighted by molar-refractivity contribution is 5.08. The standard InChI is InChI=1S/C8H16N2/c1-5-8(2)10(4)7-6-9-3/h5,9H,1-2,6-7H2,3-4H3. The summed E-state index contributed by atoms with van der Waals surface area (Å²) in [5, 5.41) is 3.06. The Morgan fingerprint density at radius 2 is 2.30 bits per heavy atom. The summed E-state index contributed by atoms with van der Waals surface area (Å²) >= 11 is 0. The molecule has 0 atom stereocenters. The maximum absolute atomic E-state index is 3.81. The molecule has 0 heterocycles. The van der Waals surface area contributed by atoms with E-state index in [9.17, 15) is 0 Å². The van der Waals surface area contributed by atoms with Crippen LogP contribution >= 0.6 is 0 Å². The Morgan fingerprint density at radius 1 is 1.70 bits per heavy atom. The summed E-state index contributed by atoms with van der Waals surface area (Å²) in [5.74, 6) is 0. The van der Waals surface area contributed by atoms with Gasteiger partial charge in [-0.3, -0.25) is 0 Å². The highest BCUT2D eigenvalue weighted by Crippen LogP contribution is 1.95. The topological polar surface area (TPSA) is 15.3 Å². The van der Waals surface area contributed by atoms with Gasteiger partial charge in [0.2, 0.25) is 0 Å². The molecule has 0 saturated heterocycles. The Hall–Kier alpha value is -0.760. The Labute approximate surface area is 63.2 Å². The van der Waals surface area contributed by atoms with E-state index in [-0.39, 0.29) is 0 Å². The highest BCUT2D eigenvalue weighted by atomic mass is 15.1. The van der Waals surface area contributed by atoms with Crippen molar-refractivity contribution >= 4 is 0 Å². The van der Waals surface area contributed by atoms with Crippen LogP contribution in [0.1, 0.15) is 0 Å². The van der Waals surface area contributed by atoms with E-state index in [1.165, 1.54) is 0 Å². The molecule has 1 N–H and O–H groups in total. The van der Waals surface area contributed by atoms with Crippen LogP contribution in [0.25, 0.3) is 0 Å². The van der Waals surface area contributed by atoms with Gasteiger partial charge >= 0.3 is 0 Å². The zero-order valence-corrected chi connectivity index (χ0v) is 6.85. The summed E-state index contributed by atoms with van der Waals surface area (Å²) in [4.78, 5) is 2.06. The summed E-state index contributed by atoms with van der Waals surface area (Å²) in [7, 11) is 3.94. The van der Waals surface area contributed by atoms with E-state index >= 15 is 0 Å². The molecule has 10 heavy (non-hydrogen) atoms. The lowest BCUT2D eigenvalue weighted by molar-refractivity contribution is 0.429. The molecule has 0 rings (SSSR count). The summed E-state index contributed by atoms with van der Waals surface area (Å²) in [6.45, 7) is 9.38. The molecule has 2 nitrogen and oxygen atoms in total. The summed E-state index contributed by atoms with van der Waals surface area (Å²) in [6, 6.07) is 0. The lowest BCUT2D eigenvalue weighted by Gasteiger charge is -2.18. The van der Waals surface area contributed by atoms with Crippen molar-refractivity contribution in [3.63, 3.8) is 0 Å². The molecule has 0 aromatic heterocycles. The van der Waals surface area contributed by atoms with Crippen LogP contribution in [0.5, 0.6) is 0 Å². The average Bonchev–Trinajstić information content (AvgIpc) is 1.98. The predicted octanol–water partition coefficient (Wildman–Crippen LogP) is 0.837. The first-order valence-electron chi connectivity index (χ1n) is 3.39. The van der Waals surface area contributed by atoms with Crippen LogP contribution in [0.3, 0.4) is 0 Å². The molecule has 0 saturated carbocycles. The van der Waals surface area contributed by atoms with Crippen molar-refractivity contribution in [2.75, 3.05) is 27.2 Å². The monoisotopic (exact) mass is 140 g/mol. The second kappa shape index (κ2) is 5.06. The predicted molar refractivity (Wildman–Crippen MR) is 45.9 cm³/mol. The molecule has 0 fully saturated rings. The van der Waals surface area contributed by atoms with Gasteiger partial charge in [-0.1, -0.05) is 13.2 Å². The van der Waals surface area contributed by atoms with Crippen LogP contribution < -0.4 is 5.32 Å². The van der Waals surface area contributed by atoms with Crippen LogP contribution in [0.4, 0.5) is 0 Å². The van der Waals surface area contributed by atoms with Crippen LogP contribution in [0.15, 0.2) is 24.9 Å². The van der Waals surface area contributed by atoms with Crippen molar-refractivity contribution in [3.05, 3.63) is 24.9 Å². The first-order chi connectivity index (χ1) is 4.72. The molecule has 2 heteroatoms. The smallest absolute Gasteiger partial charge is 0.0299 e. The van der Waals surface area contributed by atoms with Crippen LogP contribution in [-0.2, 0) is 0 Å². The molecular formula is C8H16N2. The molecule has 0 amide bonds. The van der Waals surface area contributed by atoms with Gasteiger partial charge in [-0.2, -0.15) is 0 Å². The molecular weight excluding hydrogens is 124 g/mol. The second-order valence-electron chi connectivity index (χ2n) is 2.22. The summed E-state index contributed by atoms with van der Waals surface area (Å²) < 4.78 is 0. The number of likely N-dealkylation sites (N-methyl/N-ethyl adjacent to an activating group) is 2. The van der Waals surface area contributed by atoms with Crippen LogP contribution in [0, 0.1) is 0 Å². The van der Waals surface area contributed by atoms with Gasteiger partial charge in [0.15, 0.2) is 0 Å². The Kier molecular flexibility index (Phi) is 4.67. The molecule has 0 aliphatic carbocycles. The van der Waals surface area contributed by atoms with Gasteiger partial charge in [-0.25, -0.2) is 0 Å². The highest BCUT2D eigenvalue weighted by Gasteiger charge is 1.94. The molecule has 58 valence electrons. The normalized spacial score (nSPS) is 9.00. The first kappa shape index (κ1) is 9.24. The summed E-state index contributed by atoms with van der Waals surface area (Å²) in [6.07, 6.45) is 1.76. The van der Waals surface area contributed by atoms with E-state index in [1.807, 2.05) is 14.1 Å². The largest absolute Gasteiger partial charge is 0.374 e. The average molecular weight is 140 g/mol. The quantitative estimate of drug-likeness (QED) is 0.569. The minimum atomic E-state index is 0.968. The maximum Gasteiger partial charge on any atom is 0.0299 e. The van der Waals surface area contributed by atoms with Gasteiger partial charge < -0.3 is 10.2 Å². The van der Waals surface area contributed by atoms with Gasteiger partial charge in [0.05, 0.1) is 0 Å². The van der Waals surface area contributed by atoms with E-state index in [2.05, 4.69) is 23.4 Å². The number of nitrogens with zero attached hydrogens (tertiary/aromatic N) is 1. The van der Waals surface area contributed by atoms with Crippen molar-refractivity contribution in [1.29, 1.82) is 0 Å². The number of rotatable bonds is 5. The number of allylic oxidation sites excluding steroid dienone is 1. The van der Waals surface area contributed by atoms with Crippen molar-refractivity contribution in [3.8, 4) is 0 Å². The van der Waals surface area contributed by atoms with E-state index in [0.717, 1.165) is 18.8 Å². The molecule has 0 aromatic carbocycles. The van der Waals surface area contributed by atoms with E-state index in [0.29, 0.717) is 0 Å². The molecule has 0 spiro atoms. The lowest BCUT2D eigenvalue weighted by atomic mass is 10.4. The van der Waals surface area contributed by atoms with Crippen molar-refractivity contribution < 1.29 is 0 Å². The number of nitrogens with one attached hydrogen (secondary N) is 1. The van der Waals surface area contributed by atoms with Crippen LogP contribution in [-0.4, -0.2) is 32.1 Å². The van der Waals surface area contributed by atoms with E-state index in [4.69, 9.17) is 0 Å². The summed E-state index contributed by atoms with van der Waals surface area (Å²) in [5.41, 5.74) is 0.968. The third-order valence-corrected chi connectivity index (χ3v) is 1.42. The van der Waals surface area contributed by atoms with Crippen LogP contribution in [0.2, 0.25) is 0 Å². The maximum atomic E-state index is 3.81. The van der Waals surface area contributed by atoms with Crippen molar-refractivity contribution in [1.82, 2.24) is 10.2 Å². The van der Waals surface area contributed by atoms with E-state index < -0.39 is 0 Å². The first-order valence-corrected chi connectivity index (χ1v) is 3.39. The second-order valence-corrected chi connectivity index (χ2v) is 2.22. The Morgan fingerprint density at radius 3 is 2.70 bits per heavy atom. The minimum Gasteiger partial charge on any atom is -0.374 e. The third kappa shape index (κ3) is 3.30. The fourth-order valence-corrected chi connectivity index (χ4v) is 0.579. The van der Waals surface area contributed by atoms with Gasteiger partial charge in [0.25, 0.3) is 0 Å².